The van der Waals surface area contributed by atoms with Crippen LogP contribution in [0.3, 0.4) is 0 Å². The first-order valence-corrected chi connectivity index (χ1v) is 5.87. The molecule has 0 radical (unpaired) electrons. The number of primary amides is 1. The number of alkyl halides is 3. The molecule has 20 heavy (non-hydrogen) atoms. The average Bonchev–Trinajstić information content (AvgIpc) is 2.34. The number of benzene rings is 1. The molecule has 1 unspecified atom stereocenters. The Bertz CT molecular complexity index is 503. The second-order valence-electron chi connectivity index (χ2n) is 4.66. The van der Waals surface area contributed by atoms with Crippen molar-refractivity contribution >= 4 is 5.91 Å². The molecular formula is C13H17F3N2O2. The van der Waals surface area contributed by atoms with Crippen LogP contribution in [0.5, 0.6) is 5.75 Å². The maximum Gasteiger partial charge on any atom is 0.401 e. The van der Waals surface area contributed by atoms with Crippen molar-refractivity contribution in [1.29, 1.82) is 0 Å². The number of halogens is 3. The first kappa shape index (κ1) is 16.3. The third-order valence-corrected chi connectivity index (χ3v) is 3.03. The zero-order valence-electron chi connectivity index (χ0n) is 11.5. The zero-order valence-corrected chi connectivity index (χ0v) is 11.5. The van der Waals surface area contributed by atoms with Gasteiger partial charge < -0.3 is 10.5 Å². The van der Waals surface area contributed by atoms with Crippen molar-refractivity contribution in [3.05, 3.63) is 29.3 Å². The quantitative estimate of drug-likeness (QED) is 0.870. The van der Waals surface area contributed by atoms with Crippen LogP contribution in [0.15, 0.2) is 18.2 Å². The fourth-order valence-electron chi connectivity index (χ4n) is 1.80. The monoisotopic (exact) mass is 290 g/mol. The van der Waals surface area contributed by atoms with E-state index in [4.69, 9.17) is 10.5 Å². The van der Waals surface area contributed by atoms with Gasteiger partial charge in [-0.25, -0.2) is 0 Å². The Hall–Kier alpha value is -1.76. The first-order chi connectivity index (χ1) is 9.10. The highest BCUT2D eigenvalue weighted by Gasteiger charge is 2.39. The molecule has 4 nitrogen and oxygen atoms in total. The van der Waals surface area contributed by atoms with Gasteiger partial charge >= 0.3 is 6.18 Å². The van der Waals surface area contributed by atoms with Crippen LogP contribution in [0.25, 0.3) is 0 Å². The minimum atomic E-state index is -4.45. The molecule has 0 aliphatic carbocycles. The van der Waals surface area contributed by atoms with Crippen molar-refractivity contribution in [2.75, 3.05) is 13.7 Å². The number of ether oxygens (including phenoxy) is 1. The van der Waals surface area contributed by atoms with E-state index >= 15 is 0 Å². The number of hydrogen-bond acceptors (Lipinski definition) is 3. The second kappa shape index (κ2) is 5.70. The topological polar surface area (TPSA) is 64.3 Å². The number of hydrogen-bond donors (Lipinski definition) is 2. The van der Waals surface area contributed by atoms with Gasteiger partial charge in [0.1, 0.15) is 11.3 Å². The van der Waals surface area contributed by atoms with E-state index in [1.54, 1.807) is 25.1 Å². The lowest BCUT2D eigenvalue weighted by Crippen LogP contribution is -2.53. The fourth-order valence-corrected chi connectivity index (χ4v) is 1.80. The maximum absolute atomic E-state index is 12.4. The lowest BCUT2D eigenvalue weighted by Gasteiger charge is -2.30. The highest BCUT2D eigenvalue weighted by atomic mass is 19.4. The predicted octanol–water partition coefficient (Wildman–Crippen LogP) is 1.86. The number of amides is 1. The van der Waals surface area contributed by atoms with Gasteiger partial charge in [0, 0.05) is 5.56 Å². The number of carbonyl (C=O) groups is 1. The molecule has 1 rings (SSSR count). The molecule has 0 spiro atoms. The molecule has 0 heterocycles. The van der Waals surface area contributed by atoms with E-state index in [-0.39, 0.29) is 5.56 Å². The molecule has 1 amide bonds. The fraction of sp³-hybridized carbons (Fsp3) is 0.462. The summed E-state index contributed by atoms with van der Waals surface area (Å²) in [5.74, 6) is -0.614. The molecule has 3 N–H and O–H groups in total. The smallest absolute Gasteiger partial charge is 0.401 e. The summed E-state index contributed by atoms with van der Waals surface area (Å²) in [7, 11) is 1.37. The Morgan fingerprint density at radius 1 is 1.40 bits per heavy atom. The van der Waals surface area contributed by atoms with Crippen molar-refractivity contribution in [2.24, 2.45) is 5.73 Å². The van der Waals surface area contributed by atoms with Crippen LogP contribution in [0.1, 0.15) is 18.1 Å². The van der Waals surface area contributed by atoms with Crippen molar-refractivity contribution < 1.29 is 22.7 Å². The van der Waals surface area contributed by atoms with E-state index in [0.717, 1.165) is 5.56 Å². The molecule has 0 aliphatic rings. The van der Waals surface area contributed by atoms with E-state index in [1.165, 1.54) is 14.0 Å². The lowest BCUT2D eigenvalue weighted by molar-refractivity contribution is -0.135. The third kappa shape index (κ3) is 3.63. The Labute approximate surface area is 115 Å². The van der Waals surface area contributed by atoms with Crippen LogP contribution in [0.2, 0.25) is 0 Å². The Kier molecular flexibility index (Phi) is 4.65. The summed E-state index contributed by atoms with van der Waals surface area (Å²) >= 11 is 0. The summed E-state index contributed by atoms with van der Waals surface area (Å²) in [5.41, 5.74) is 4.66. The van der Waals surface area contributed by atoms with Gasteiger partial charge in [-0.05, 0) is 26.0 Å². The molecule has 0 fully saturated rings. The van der Waals surface area contributed by atoms with E-state index in [2.05, 4.69) is 5.32 Å². The minimum absolute atomic E-state index is 0.275. The second-order valence-corrected chi connectivity index (χ2v) is 4.66. The van der Waals surface area contributed by atoms with Crippen LogP contribution in [0, 0.1) is 6.92 Å². The number of nitrogens with one attached hydrogen (secondary N) is 1. The number of aryl methyl sites for hydroxylation is 1. The van der Waals surface area contributed by atoms with E-state index in [9.17, 15) is 18.0 Å². The Morgan fingerprint density at radius 3 is 2.45 bits per heavy atom. The molecule has 0 bridgehead atoms. The highest BCUT2D eigenvalue weighted by Crippen LogP contribution is 2.31. The number of nitrogens with two attached hydrogens (primary N) is 1. The summed E-state index contributed by atoms with van der Waals surface area (Å²) in [6.07, 6.45) is -4.45. The highest BCUT2D eigenvalue weighted by molar-refractivity contribution is 5.86. The van der Waals surface area contributed by atoms with Gasteiger partial charge in [0.15, 0.2) is 0 Å². The molecule has 0 aliphatic heterocycles. The third-order valence-electron chi connectivity index (χ3n) is 3.03. The molecule has 1 atom stereocenters. The van der Waals surface area contributed by atoms with Crippen LogP contribution >= 0.6 is 0 Å². The molecule has 0 aromatic heterocycles. The Balaban J connectivity index is 3.25. The normalized spacial score (nSPS) is 14.7. The zero-order chi connectivity index (χ0) is 15.6. The average molecular weight is 290 g/mol. The number of methoxy groups -OCH3 is 1. The number of carbonyl (C=O) groups excluding carboxylic acids is 1. The molecule has 0 saturated heterocycles. The van der Waals surface area contributed by atoms with Gasteiger partial charge in [-0.1, -0.05) is 11.6 Å². The summed E-state index contributed by atoms with van der Waals surface area (Å²) in [6, 6.07) is 4.89. The van der Waals surface area contributed by atoms with Crippen LogP contribution in [0.4, 0.5) is 13.2 Å². The van der Waals surface area contributed by atoms with E-state index in [1.807, 2.05) is 0 Å². The van der Waals surface area contributed by atoms with E-state index in [0.29, 0.717) is 5.75 Å². The molecular weight excluding hydrogens is 273 g/mol. The summed E-state index contributed by atoms with van der Waals surface area (Å²) in [4.78, 5) is 11.7. The van der Waals surface area contributed by atoms with Crippen LogP contribution in [-0.4, -0.2) is 25.7 Å². The largest absolute Gasteiger partial charge is 0.496 e. The van der Waals surface area contributed by atoms with Gasteiger partial charge in [-0.3, -0.25) is 10.1 Å². The summed E-state index contributed by atoms with van der Waals surface area (Å²) in [5, 5.41) is 2.17. The van der Waals surface area contributed by atoms with E-state index < -0.39 is 24.2 Å². The Morgan fingerprint density at radius 2 is 2.00 bits per heavy atom. The maximum atomic E-state index is 12.4. The molecule has 1 aromatic carbocycles. The predicted molar refractivity (Wildman–Crippen MR) is 68.3 cm³/mol. The van der Waals surface area contributed by atoms with Gasteiger partial charge in [-0.2, -0.15) is 13.2 Å². The molecule has 1 aromatic rings. The van der Waals surface area contributed by atoms with Crippen molar-refractivity contribution in [2.45, 2.75) is 25.6 Å². The molecule has 7 heteroatoms. The van der Waals surface area contributed by atoms with Gasteiger partial charge in [0.2, 0.25) is 5.91 Å². The van der Waals surface area contributed by atoms with Gasteiger partial charge in [0.25, 0.3) is 0 Å². The van der Waals surface area contributed by atoms with Crippen LogP contribution < -0.4 is 15.8 Å². The van der Waals surface area contributed by atoms with Crippen LogP contribution in [-0.2, 0) is 10.3 Å². The summed E-state index contributed by atoms with van der Waals surface area (Å²) in [6.45, 7) is 1.73. The standard InChI is InChI=1S/C13H17F3N2O2/c1-8-4-5-10(20-3)9(6-8)12(2,11(17)19)18-7-13(14,15)16/h4-6,18H,7H2,1-3H3,(H2,17,19). The SMILES string of the molecule is COc1ccc(C)cc1C(C)(NCC(F)(F)F)C(N)=O. The first-order valence-electron chi connectivity index (χ1n) is 5.87. The van der Waals surface area contributed by atoms with Crippen molar-refractivity contribution in [3.8, 4) is 5.75 Å². The molecule has 112 valence electrons. The van der Waals surface area contributed by atoms with Gasteiger partial charge in [-0.15, -0.1) is 0 Å². The number of rotatable bonds is 5. The minimum Gasteiger partial charge on any atom is -0.496 e. The van der Waals surface area contributed by atoms with Gasteiger partial charge in [0.05, 0.1) is 13.7 Å². The molecule has 0 saturated carbocycles. The summed E-state index contributed by atoms with van der Waals surface area (Å²) < 4.78 is 42.2. The van der Waals surface area contributed by atoms with Crippen molar-refractivity contribution in [3.63, 3.8) is 0 Å². The van der Waals surface area contributed by atoms with Crippen molar-refractivity contribution in [1.82, 2.24) is 5.32 Å². The lowest BCUT2D eigenvalue weighted by atomic mass is 9.89.